The van der Waals surface area contributed by atoms with Gasteiger partial charge in [0.2, 0.25) is 10.0 Å². The second-order valence-electron chi connectivity index (χ2n) is 4.36. The topological polar surface area (TPSA) is 83.5 Å². The molecule has 0 heterocycles. The van der Waals surface area contributed by atoms with Gasteiger partial charge in [0.1, 0.15) is 10.9 Å². The number of sulfonamides is 1. The van der Waals surface area contributed by atoms with Gasteiger partial charge in [-0.05, 0) is 37.5 Å². The molecule has 8 heteroatoms. The van der Waals surface area contributed by atoms with Crippen molar-refractivity contribution in [3.8, 4) is 0 Å². The maximum absolute atomic E-state index is 12.3. The summed E-state index contributed by atoms with van der Waals surface area (Å²) in [5.74, 6) is -1.25. The van der Waals surface area contributed by atoms with Gasteiger partial charge < -0.3 is 5.11 Å². The smallest absolute Gasteiger partial charge is 0.321 e. The normalized spacial score (nSPS) is 13.2. The van der Waals surface area contributed by atoms with Gasteiger partial charge >= 0.3 is 5.97 Å². The van der Waals surface area contributed by atoms with Crippen LogP contribution in [0.5, 0.6) is 0 Å². The number of hydrogen-bond acceptors (Lipinski definition) is 3. The minimum atomic E-state index is -4.07. The maximum atomic E-state index is 12.3. The van der Waals surface area contributed by atoms with Crippen LogP contribution in [-0.4, -0.2) is 25.5 Å². The van der Waals surface area contributed by atoms with Crippen LogP contribution in [0.15, 0.2) is 11.0 Å². The van der Waals surface area contributed by atoms with Crippen LogP contribution in [-0.2, 0) is 14.8 Å². The van der Waals surface area contributed by atoms with E-state index in [-0.39, 0.29) is 26.9 Å². The van der Waals surface area contributed by atoms with E-state index in [0.29, 0.717) is 5.56 Å². The molecule has 0 amide bonds. The van der Waals surface area contributed by atoms with Crippen molar-refractivity contribution in [3.05, 3.63) is 27.2 Å². The first-order chi connectivity index (χ1) is 9.11. The molecule has 0 aliphatic carbocycles. The number of halogens is 2. The lowest BCUT2D eigenvalue weighted by Gasteiger charge is -2.17. The van der Waals surface area contributed by atoms with Crippen LogP contribution in [0.2, 0.25) is 10.0 Å². The zero-order valence-electron chi connectivity index (χ0n) is 11.2. The molecule has 0 bridgehead atoms. The van der Waals surface area contributed by atoms with Crippen molar-refractivity contribution in [2.75, 3.05) is 0 Å². The Morgan fingerprint density at radius 3 is 2.40 bits per heavy atom. The number of carbonyl (C=O) groups is 1. The van der Waals surface area contributed by atoms with Crippen molar-refractivity contribution in [2.45, 2.75) is 38.1 Å². The number of benzene rings is 1. The van der Waals surface area contributed by atoms with Crippen molar-refractivity contribution in [1.82, 2.24) is 4.72 Å². The molecular formula is C12H15Cl2NO4S. The van der Waals surface area contributed by atoms with Crippen molar-refractivity contribution in [1.29, 1.82) is 0 Å². The summed E-state index contributed by atoms with van der Waals surface area (Å²) in [7, 11) is -4.07. The van der Waals surface area contributed by atoms with E-state index in [1.54, 1.807) is 19.9 Å². The van der Waals surface area contributed by atoms with Crippen LogP contribution < -0.4 is 4.72 Å². The van der Waals surface area contributed by atoms with E-state index in [1.807, 2.05) is 0 Å². The van der Waals surface area contributed by atoms with Gasteiger partial charge in [-0.2, -0.15) is 4.72 Å². The van der Waals surface area contributed by atoms with Gasteiger partial charge in [-0.15, -0.1) is 0 Å². The SMILES string of the molecule is CCC(NS(=O)(=O)c1c(C)c(Cl)cc(C)c1Cl)C(=O)O. The molecule has 0 radical (unpaired) electrons. The van der Waals surface area contributed by atoms with E-state index >= 15 is 0 Å². The predicted octanol–water partition coefficient (Wildman–Crippen LogP) is 2.75. The molecular weight excluding hydrogens is 325 g/mol. The van der Waals surface area contributed by atoms with Gasteiger partial charge in [0.15, 0.2) is 0 Å². The van der Waals surface area contributed by atoms with E-state index < -0.39 is 22.0 Å². The monoisotopic (exact) mass is 339 g/mol. The summed E-state index contributed by atoms with van der Waals surface area (Å²) in [6, 6.07) is 0.349. The molecule has 0 aliphatic heterocycles. The van der Waals surface area contributed by atoms with E-state index in [4.69, 9.17) is 28.3 Å². The predicted molar refractivity (Wildman–Crippen MR) is 78.0 cm³/mol. The third kappa shape index (κ3) is 3.44. The number of aryl methyl sites for hydroxylation is 1. The maximum Gasteiger partial charge on any atom is 0.321 e. The van der Waals surface area contributed by atoms with Crippen LogP contribution in [0.25, 0.3) is 0 Å². The Balaban J connectivity index is 3.40. The van der Waals surface area contributed by atoms with E-state index in [1.165, 1.54) is 6.92 Å². The highest BCUT2D eigenvalue weighted by Crippen LogP contribution is 2.33. The number of aliphatic carboxylic acids is 1. The average molecular weight is 340 g/mol. The standard InChI is InChI=1S/C12H15Cl2NO4S/c1-4-9(12(16)17)15-20(18,19)11-7(3)8(13)5-6(2)10(11)14/h5,9,15H,4H2,1-3H3,(H,16,17). The fourth-order valence-corrected chi connectivity index (χ4v) is 4.17. The van der Waals surface area contributed by atoms with Crippen LogP contribution >= 0.6 is 23.2 Å². The summed E-state index contributed by atoms with van der Waals surface area (Å²) in [5.41, 5.74) is 0.793. The van der Waals surface area contributed by atoms with Crippen LogP contribution in [0.3, 0.4) is 0 Å². The van der Waals surface area contributed by atoms with E-state index in [0.717, 1.165) is 0 Å². The Kier molecular flexibility index (Phi) is 5.43. The van der Waals surface area contributed by atoms with Crippen LogP contribution in [0, 0.1) is 13.8 Å². The van der Waals surface area contributed by atoms with Gasteiger partial charge in [-0.3, -0.25) is 4.79 Å². The summed E-state index contributed by atoms with van der Waals surface area (Å²) >= 11 is 12.0. The fourth-order valence-electron chi connectivity index (χ4n) is 1.69. The van der Waals surface area contributed by atoms with Gasteiger partial charge in [-0.25, -0.2) is 8.42 Å². The number of rotatable bonds is 5. The Hall–Kier alpha value is -0.820. The summed E-state index contributed by atoms with van der Waals surface area (Å²) in [6.07, 6.45) is 0.116. The lowest BCUT2D eigenvalue weighted by Crippen LogP contribution is -2.40. The van der Waals surface area contributed by atoms with Crippen molar-refractivity contribution < 1.29 is 18.3 Å². The zero-order valence-corrected chi connectivity index (χ0v) is 13.5. The molecule has 20 heavy (non-hydrogen) atoms. The molecule has 1 rings (SSSR count). The number of carboxylic acids is 1. The summed E-state index contributed by atoms with van der Waals surface area (Å²) in [4.78, 5) is 10.8. The summed E-state index contributed by atoms with van der Waals surface area (Å²) in [6.45, 7) is 4.71. The minimum Gasteiger partial charge on any atom is -0.480 e. The van der Waals surface area contributed by atoms with Crippen molar-refractivity contribution >= 4 is 39.2 Å². The van der Waals surface area contributed by atoms with E-state index in [2.05, 4.69) is 4.72 Å². The molecule has 0 fully saturated rings. The quantitative estimate of drug-likeness (QED) is 0.863. The van der Waals surface area contributed by atoms with E-state index in [9.17, 15) is 13.2 Å². The first kappa shape index (κ1) is 17.2. The van der Waals surface area contributed by atoms with Crippen molar-refractivity contribution in [3.63, 3.8) is 0 Å². The highest BCUT2D eigenvalue weighted by molar-refractivity contribution is 7.89. The van der Waals surface area contributed by atoms with Gasteiger partial charge in [-0.1, -0.05) is 30.1 Å². The Morgan fingerprint density at radius 1 is 1.40 bits per heavy atom. The molecule has 0 aliphatic rings. The second-order valence-corrected chi connectivity index (χ2v) is 6.80. The fraction of sp³-hybridized carbons (Fsp3) is 0.417. The first-order valence-corrected chi connectivity index (χ1v) is 8.06. The first-order valence-electron chi connectivity index (χ1n) is 5.82. The molecule has 2 N–H and O–H groups in total. The Labute approximate surface area is 127 Å². The van der Waals surface area contributed by atoms with Gasteiger partial charge in [0, 0.05) is 5.02 Å². The average Bonchev–Trinajstić information content (AvgIpc) is 2.33. The lowest BCUT2D eigenvalue weighted by molar-refractivity contribution is -0.139. The Morgan fingerprint density at radius 2 is 1.95 bits per heavy atom. The molecule has 0 aromatic heterocycles. The number of carboxylic acid groups (broad SMARTS) is 1. The molecule has 112 valence electrons. The highest BCUT2D eigenvalue weighted by Gasteiger charge is 2.28. The molecule has 0 saturated heterocycles. The molecule has 5 nitrogen and oxygen atoms in total. The third-order valence-corrected chi connectivity index (χ3v) is 5.49. The third-order valence-electron chi connectivity index (χ3n) is 2.86. The van der Waals surface area contributed by atoms with Crippen LogP contribution in [0.1, 0.15) is 24.5 Å². The van der Waals surface area contributed by atoms with Crippen molar-refractivity contribution in [2.24, 2.45) is 0 Å². The van der Waals surface area contributed by atoms with Crippen LogP contribution in [0.4, 0.5) is 0 Å². The highest BCUT2D eigenvalue weighted by atomic mass is 35.5. The number of nitrogens with one attached hydrogen (secondary N) is 1. The minimum absolute atomic E-state index is 0.0413. The molecule has 1 aromatic rings. The van der Waals surface area contributed by atoms with Gasteiger partial charge in [0.05, 0.1) is 5.02 Å². The summed E-state index contributed by atoms with van der Waals surface area (Å²) in [5, 5.41) is 9.25. The molecule has 1 aromatic carbocycles. The number of hydrogen-bond donors (Lipinski definition) is 2. The lowest BCUT2D eigenvalue weighted by atomic mass is 10.2. The second kappa shape index (κ2) is 6.30. The molecule has 1 unspecified atom stereocenters. The zero-order chi connectivity index (χ0) is 15.7. The summed E-state index contributed by atoms with van der Waals surface area (Å²) < 4.78 is 26.8. The molecule has 1 atom stereocenters. The molecule has 0 saturated carbocycles. The Bertz CT molecular complexity index is 617. The van der Waals surface area contributed by atoms with Gasteiger partial charge in [0.25, 0.3) is 0 Å². The molecule has 0 spiro atoms. The largest absolute Gasteiger partial charge is 0.480 e.